The van der Waals surface area contributed by atoms with Gasteiger partial charge in [-0.05, 0) is 49.2 Å². The smallest absolute Gasteiger partial charge is 0.264 e. The summed E-state index contributed by atoms with van der Waals surface area (Å²) < 4.78 is 38.7. The SMILES string of the molecule is COc1ccc(S(=O)(=O)N(CC(=O)Nc2c(C)cccc2C)c2ccccc2)cc1OC. The van der Waals surface area contributed by atoms with E-state index in [0.717, 1.165) is 15.4 Å². The number of aryl methyl sites for hydroxylation is 2. The van der Waals surface area contributed by atoms with E-state index in [1.807, 2.05) is 32.0 Å². The van der Waals surface area contributed by atoms with Crippen LogP contribution in [0.2, 0.25) is 0 Å². The zero-order valence-corrected chi connectivity index (χ0v) is 19.3. The highest BCUT2D eigenvalue weighted by Crippen LogP contribution is 2.32. The number of benzene rings is 3. The number of hydrogen-bond donors (Lipinski definition) is 1. The Morgan fingerprint density at radius 2 is 1.50 bits per heavy atom. The van der Waals surface area contributed by atoms with Crippen molar-refractivity contribution in [3.63, 3.8) is 0 Å². The van der Waals surface area contributed by atoms with Gasteiger partial charge < -0.3 is 14.8 Å². The van der Waals surface area contributed by atoms with Crippen molar-refractivity contribution in [3.8, 4) is 11.5 Å². The molecule has 0 heterocycles. The van der Waals surface area contributed by atoms with Crippen LogP contribution in [-0.4, -0.2) is 35.1 Å². The van der Waals surface area contributed by atoms with Gasteiger partial charge in [0.15, 0.2) is 11.5 Å². The third-order valence-electron chi connectivity index (χ3n) is 5.02. The van der Waals surface area contributed by atoms with E-state index in [-0.39, 0.29) is 10.6 Å². The molecule has 0 aliphatic heterocycles. The summed E-state index contributed by atoms with van der Waals surface area (Å²) >= 11 is 0. The van der Waals surface area contributed by atoms with Crippen LogP contribution in [0.5, 0.6) is 11.5 Å². The zero-order chi connectivity index (χ0) is 23.3. The molecule has 0 aliphatic carbocycles. The molecule has 32 heavy (non-hydrogen) atoms. The number of nitrogens with one attached hydrogen (secondary N) is 1. The van der Waals surface area contributed by atoms with Crippen molar-refractivity contribution in [1.29, 1.82) is 0 Å². The summed E-state index contributed by atoms with van der Waals surface area (Å²) in [6, 6.07) is 18.5. The van der Waals surface area contributed by atoms with Gasteiger partial charge in [-0.15, -0.1) is 0 Å². The van der Waals surface area contributed by atoms with E-state index in [9.17, 15) is 13.2 Å². The fraction of sp³-hybridized carbons (Fsp3) is 0.208. The Bertz CT molecular complexity index is 1190. The van der Waals surface area contributed by atoms with Crippen molar-refractivity contribution >= 4 is 27.3 Å². The van der Waals surface area contributed by atoms with Crippen LogP contribution in [0.15, 0.2) is 71.6 Å². The van der Waals surface area contributed by atoms with Gasteiger partial charge in [0.1, 0.15) is 6.54 Å². The maximum atomic E-state index is 13.6. The van der Waals surface area contributed by atoms with Gasteiger partial charge in [-0.2, -0.15) is 0 Å². The first kappa shape index (κ1) is 23.1. The molecule has 0 atom stereocenters. The number of amides is 1. The van der Waals surface area contributed by atoms with Crippen LogP contribution in [0.25, 0.3) is 0 Å². The third-order valence-corrected chi connectivity index (χ3v) is 6.79. The average Bonchev–Trinajstić information content (AvgIpc) is 2.80. The van der Waals surface area contributed by atoms with Crippen LogP contribution in [0.1, 0.15) is 11.1 Å². The topological polar surface area (TPSA) is 84.9 Å². The minimum atomic E-state index is -4.08. The molecule has 3 rings (SSSR count). The molecule has 0 radical (unpaired) electrons. The van der Waals surface area contributed by atoms with E-state index in [1.54, 1.807) is 30.3 Å². The second-order valence-corrected chi connectivity index (χ2v) is 9.04. The standard InChI is InChI=1S/C24H26N2O5S/c1-17-9-8-10-18(2)24(17)25-23(27)16-26(19-11-6-5-7-12-19)32(28,29)20-13-14-21(30-3)22(15-20)31-4/h5-15H,16H2,1-4H3,(H,25,27). The van der Waals surface area contributed by atoms with E-state index in [2.05, 4.69) is 5.32 Å². The number of para-hydroxylation sites is 2. The molecule has 3 aromatic rings. The molecule has 0 spiro atoms. The molecular weight excluding hydrogens is 428 g/mol. The lowest BCUT2D eigenvalue weighted by Gasteiger charge is -2.25. The number of rotatable bonds is 8. The first-order chi connectivity index (χ1) is 15.3. The van der Waals surface area contributed by atoms with Crippen molar-refractivity contribution in [2.75, 3.05) is 30.4 Å². The van der Waals surface area contributed by atoms with E-state index in [0.29, 0.717) is 17.1 Å². The minimum absolute atomic E-state index is 0.0149. The van der Waals surface area contributed by atoms with E-state index >= 15 is 0 Å². The molecule has 0 aromatic heterocycles. The first-order valence-electron chi connectivity index (χ1n) is 9.94. The monoisotopic (exact) mass is 454 g/mol. The van der Waals surface area contributed by atoms with Gasteiger partial charge in [-0.1, -0.05) is 36.4 Å². The maximum absolute atomic E-state index is 13.6. The minimum Gasteiger partial charge on any atom is -0.493 e. The Balaban J connectivity index is 1.99. The summed E-state index contributed by atoms with van der Waals surface area (Å²) in [7, 11) is -1.18. The van der Waals surface area contributed by atoms with Gasteiger partial charge in [0.2, 0.25) is 5.91 Å². The van der Waals surface area contributed by atoms with E-state index < -0.39 is 22.5 Å². The van der Waals surface area contributed by atoms with Crippen molar-refractivity contribution in [1.82, 2.24) is 0 Å². The van der Waals surface area contributed by atoms with Crippen molar-refractivity contribution in [2.45, 2.75) is 18.7 Å². The highest BCUT2D eigenvalue weighted by atomic mass is 32.2. The third kappa shape index (κ3) is 4.86. The molecule has 7 nitrogen and oxygen atoms in total. The number of methoxy groups -OCH3 is 2. The van der Waals surface area contributed by atoms with Gasteiger partial charge in [0, 0.05) is 11.8 Å². The Morgan fingerprint density at radius 3 is 2.09 bits per heavy atom. The summed E-state index contributed by atoms with van der Waals surface area (Å²) in [5.41, 5.74) is 2.84. The molecule has 0 aliphatic rings. The number of nitrogens with zero attached hydrogens (tertiary/aromatic N) is 1. The van der Waals surface area contributed by atoms with E-state index in [4.69, 9.17) is 9.47 Å². The van der Waals surface area contributed by atoms with Gasteiger partial charge in [-0.3, -0.25) is 9.10 Å². The Hall–Kier alpha value is -3.52. The molecule has 1 amide bonds. The molecule has 3 aromatic carbocycles. The summed E-state index contributed by atoms with van der Waals surface area (Å²) in [5, 5.41) is 2.85. The molecule has 0 fully saturated rings. The van der Waals surface area contributed by atoms with Gasteiger partial charge in [0.25, 0.3) is 10.0 Å². The predicted molar refractivity (Wildman–Crippen MR) is 125 cm³/mol. The average molecular weight is 455 g/mol. The highest BCUT2D eigenvalue weighted by Gasteiger charge is 2.28. The lowest BCUT2D eigenvalue weighted by atomic mass is 10.1. The summed E-state index contributed by atoms with van der Waals surface area (Å²) in [6.45, 7) is 3.38. The van der Waals surface area contributed by atoms with Gasteiger partial charge in [0.05, 0.1) is 24.8 Å². The second-order valence-electron chi connectivity index (χ2n) is 7.18. The fourth-order valence-electron chi connectivity index (χ4n) is 3.33. The summed E-state index contributed by atoms with van der Waals surface area (Å²) in [5.74, 6) is 0.238. The Kier molecular flexibility index (Phi) is 7.05. The fourth-order valence-corrected chi connectivity index (χ4v) is 4.77. The largest absolute Gasteiger partial charge is 0.493 e. The van der Waals surface area contributed by atoms with Crippen LogP contribution in [0, 0.1) is 13.8 Å². The molecule has 0 unspecified atom stereocenters. The molecule has 0 saturated carbocycles. The van der Waals surface area contributed by atoms with Gasteiger partial charge >= 0.3 is 0 Å². The molecule has 1 N–H and O–H groups in total. The number of carbonyl (C=O) groups is 1. The van der Waals surface area contributed by atoms with Crippen LogP contribution >= 0.6 is 0 Å². The summed E-state index contributed by atoms with van der Waals surface area (Å²) in [4.78, 5) is 12.9. The van der Waals surface area contributed by atoms with E-state index in [1.165, 1.54) is 32.4 Å². The first-order valence-corrected chi connectivity index (χ1v) is 11.4. The maximum Gasteiger partial charge on any atom is 0.264 e. The summed E-state index contributed by atoms with van der Waals surface area (Å²) in [6.07, 6.45) is 0. The second kappa shape index (κ2) is 9.74. The highest BCUT2D eigenvalue weighted by molar-refractivity contribution is 7.92. The molecule has 0 bridgehead atoms. The van der Waals surface area contributed by atoms with Crippen LogP contribution in [-0.2, 0) is 14.8 Å². The Labute approximate surface area is 188 Å². The Morgan fingerprint density at radius 1 is 0.875 bits per heavy atom. The lowest BCUT2D eigenvalue weighted by Crippen LogP contribution is -2.38. The molecule has 8 heteroatoms. The molecular formula is C24H26N2O5S. The van der Waals surface area contributed by atoms with Crippen LogP contribution < -0.4 is 19.1 Å². The quantitative estimate of drug-likeness (QED) is 0.553. The van der Waals surface area contributed by atoms with Crippen molar-refractivity contribution in [2.24, 2.45) is 0 Å². The number of carbonyl (C=O) groups excluding carboxylic acids is 1. The number of hydrogen-bond acceptors (Lipinski definition) is 5. The number of sulfonamides is 1. The zero-order valence-electron chi connectivity index (χ0n) is 18.5. The number of ether oxygens (including phenoxy) is 2. The molecule has 0 saturated heterocycles. The number of anilines is 2. The van der Waals surface area contributed by atoms with Crippen LogP contribution in [0.4, 0.5) is 11.4 Å². The molecule has 168 valence electrons. The van der Waals surface area contributed by atoms with Crippen molar-refractivity contribution in [3.05, 3.63) is 77.9 Å². The van der Waals surface area contributed by atoms with Crippen LogP contribution in [0.3, 0.4) is 0 Å². The van der Waals surface area contributed by atoms with Gasteiger partial charge in [-0.25, -0.2) is 8.42 Å². The van der Waals surface area contributed by atoms with Crippen molar-refractivity contribution < 1.29 is 22.7 Å². The predicted octanol–water partition coefficient (Wildman–Crippen LogP) is 4.15. The normalized spacial score (nSPS) is 11.0. The lowest BCUT2D eigenvalue weighted by molar-refractivity contribution is -0.114.